The van der Waals surface area contributed by atoms with Gasteiger partial charge in [0.2, 0.25) is 15.9 Å². The minimum atomic E-state index is -3.63. The van der Waals surface area contributed by atoms with E-state index in [9.17, 15) is 13.2 Å². The number of carbonyl (C=O) groups is 1. The van der Waals surface area contributed by atoms with E-state index in [2.05, 4.69) is 18.7 Å². The van der Waals surface area contributed by atoms with Gasteiger partial charge >= 0.3 is 0 Å². The number of amides is 1. The summed E-state index contributed by atoms with van der Waals surface area (Å²) in [4.78, 5) is 17.0. The normalized spacial score (nSPS) is 21.9. The Morgan fingerprint density at radius 2 is 1.86 bits per heavy atom. The molecule has 7 nitrogen and oxygen atoms in total. The zero-order chi connectivity index (χ0) is 21.2. The van der Waals surface area contributed by atoms with E-state index in [4.69, 9.17) is 16.3 Å². The number of hydrogen-bond acceptors (Lipinski definition) is 5. The smallest absolute Gasteiger partial charge is 0.243 e. The van der Waals surface area contributed by atoms with Gasteiger partial charge in [0.15, 0.2) is 0 Å². The molecule has 29 heavy (non-hydrogen) atoms. The van der Waals surface area contributed by atoms with Crippen molar-refractivity contribution in [2.75, 3.05) is 46.4 Å². The van der Waals surface area contributed by atoms with Crippen LogP contribution < -0.4 is 4.74 Å². The van der Waals surface area contributed by atoms with Crippen molar-refractivity contribution in [3.63, 3.8) is 0 Å². The quantitative estimate of drug-likeness (QED) is 0.646. The van der Waals surface area contributed by atoms with Gasteiger partial charge in [-0.1, -0.05) is 25.4 Å². The summed E-state index contributed by atoms with van der Waals surface area (Å²) >= 11 is 6.10. The molecule has 3 rings (SSSR count). The molecule has 0 aromatic heterocycles. The zero-order valence-corrected chi connectivity index (χ0v) is 18.9. The maximum absolute atomic E-state index is 13.0. The van der Waals surface area contributed by atoms with Crippen molar-refractivity contribution >= 4 is 27.5 Å². The predicted octanol–water partition coefficient (Wildman–Crippen LogP) is 2.30. The second-order valence-electron chi connectivity index (χ2n) is 8.05. The highest BCUT2D eigenvalue weighted by molar-refractivity contribution is 7.89. The summed E-state index contributed by atoms with van der Waals surface area (Å²) in [7, 11) is -2.14. The fourth-order valence-corrected chi connectivity index (χ4v) is 5.68. The largest absolute Gasteiger partial charge is 0.495 e. The highest BCUT2D eigenvalue weighted by Crippen LogP contribution is 2.29. The molecule has 2 fully saturated rings. The molecule has 2 saturated heterocycles. The maximum atomic E-state index is 13.0. The van der Waals surface area contributed by atoms with Crippen LogP contribution in [-0.4, -0.2) is 80.9 Å². The molecule has 0 saturated carbocycles. The first kappa shape index (κ1) is 22.3. The summed E-state index contributed by atoms with van der Waals surface area (Å²) in [6.45, 7) is 7.75. The van der Waals surface area contributed by atoms with E-state index >= 15 is 0 Å². The molecule has 0 aliphatic carbocycles. The van der Waals surface area contributed by atoms with Crippen LogP contribution in [0.5, 0.6) is 5.75 Å². The molecule has 2 aliphatic heterocycles. The summed E-state index contributed by atoms with van der Waals surface area (Å²) in [5.41, 5.74) is 0. The van der Waals surface area contributed by atoms with Crippen LogP contribution in [0, 0.1) is 5.92 Å². The molecule has 1 aromatic rings. The number of halogens is 1. The molecule has 2 aliphatic rings. The first-order valence-corrected chi connectivity index (χ1v) is 11.9. The molecular weight excluding hydrogens is 414 g/mol. The number of rotatable bonds is 7. The fraction of sp³-hybridized carbons (Fsp3) is 0.650. The van der Waals surface area contributed by atoms with Gasteiger partial charge in [-0.15, -0.1) is 0 Å². The van der Waals surface area contributed by atoms with Gasteiger partial charge in [0.25, 0.3) is 0 Å². The average molecular weight is 444 g/mol. The first-order valence-electron chi connectivity index (χ1n) is 10.1. The van der Waals surface area contributed by atoms with Gasteiger partial charge in [-0.25, -0.2) is 8.42 Å². The zero-order valence-electron chi connectivity index (χ0n) is 17.3. The Kier molecular flexibility index (Phi) is 7.09. The highest BCUT2D eigenvalue weighted by atomic mass is 35.5. The van der Waals surface area contributed by atoms with E-state index in [0.29, 0.717) is 37.8 Å². The topological polar surface area (TPSA) is 70.2 Å². The van der Waals surface area contributed by atoms with E-state index in [-0.39, 0.29) is 21.9 Å². The molecule has 0 radical (unpaired) electrons. The van der Waals surface area contributed by atoms with Crippen LogP contribution in [0.15, 0.2) is 23.1 Å². The van der Waals surface area contributed by atoms with E-state index in [1.807, 2.05) is 4.90 Å². The van der Waals surface area contributed by atoms with Crippen LogP contribution in [-0.2, 0) is 14.8 Å². The molecule has 0 spiro atoms. The Balaban J connectivity index is 1.60. The number of piperazine rings is 1. The molecule has 1 amide bonds. The molecule has 2 heterocycles. The Morgan fingerprint density at radius 1 is 1.17 bits per heavy atom. The van der Waals surface area contributed by atoms with Crippen molar-refractivity contribution in [2.24, 2.45) is 5.92 Å². The number of likely N-dealkylation sites (tertiary alicyclic amines) is 1. The lowest BCUT2D eigenvalue weighted by atomic mass is 10.1. The minimum Gasteiger partial charge on any atom is -0.495 e. The van der Waals surface area contributed by atoms with Crippen molar-refractivity contribution in [1.29, 1.82) is 0 Å². The highest BCUT2D eigenvalue weighted by Gasteiger charge is 2.38. The first-order chi connectivity index (χ1) is 13.7. The molecule has 1 unspecified atom stereocenters. The van der Waals surface area contributed by atoms with Crippen molar-refractivity contribution in [1.82, 2.24) is 14.1 Å². The summed E-state index contributed by atoms with van der Waals surface area (Å²) in [5.74, 6) is 1.20. The lowest BCUT2D eigenvalue weighted by molar-refractivity contribution is -0.132. The van der Waals surface area contributed by atoms with Gasteiger partial charge in [-0.3, -0.25) is 9.69 Å². The minimum absolute atomic E-state index is 0.123. The monoisotopic (exact) mass is 443 g/mol. The van der Waals surface area contributed by atoms with E-state index in [0.717, 1.165) is 25.9 Å². The second kappa shape index (κ2) is 9.20. The van der Waals surface area contributed by atoms with Crippen LogP contribution in [0.25, 0.3) is 0 Å². The van der Waals surface area contributed by atoms with Crippen LogP contribution in [0.2, 0.25) is 5.02 Å². The molecule has 9 heteroatoms. The molecule has 162 valence electrons. The van der Waals surface area contributed by atoms with Crippen LogP contribution in [0.1, 0.15) is 26.7 Å². The molecule has 1 atom stereocenters. The lowest BCUT2D eigenvalue weighted by Gasteiger charge is -2.36. The molecule has 1 aromatic carbocycles. The number of methoxy groups -OCH3 is 1. The van der Waals surface area contributed by atoms with Gasteiger partial charge in [-0.05, 0) is 37.0 Å². The standard InChI is InChI=1S/C20H30ClN3O4S/c1-15(2)6-8-23-9-7-18(20(23)25)22-10-12-24(13-11-22)29(26,27)16-4-5-19(28-3)17(21)14-16/h4-5,14-15,18H,6-13H2,1-3H3. The number of ether oxygens (including phenoxy) is 1. The number of benzene rings is 1. The fourth-order valence-electron chi connectivity index (χ4n) is 3.91. The van der Waals surface area contributed by atoms with E-state index in [1.54, 1.807) is 6.07 Å². The number of carbonyl (C=O) groups excluding carboxylic acids is 1. The number of hydrogen-bond donors (Lipinski definition) is 0. The SMILES string of the molecule is COc1ccc(S(=O)(=O)N2CCN(C3CCN(CCC(C)C)C3=O)CC2)cc1Cl. The van der Waals surface area contributed by atoms with Crippen molar-refractivity contribution in [3.05, 3.63) is 23.2 Å². The average Bonchev–Trinajstić information content (AvgIpc) is 3.06. The van der Waals surface area contributed by atoms with Gasteiger partial charge in [0.1, 0.15) is 5.75 Å². The second-order valence-corrected chi connectivity index (χ2v) is 10.4. The molecule has 0 bridgehead atoms. The van der Waals surface area contributed by atoms with Gasteiger partial charge in [0.05, 0.1) is 23.1 Å². The summed E-state index contributed by atoms with van der Waals surface area (Å²) in [6.07, 6.45) is 1.83. The van der Waals surface area contributed by atoms with Gasteiger partial charge in [0, 0.05) is 39.3 Å². The van der Waals surface area contributed by atoms with E-state index in [1.165, 1.54) is 23.5 Å². The van der Waals surface area contributed by atoms with Crippen LogP contribution >= 0.6 is 11.6 Å². The summed E-state index contributed by atoms with van der Waals surface area (Å²) in [6, 6.07) is 4.38. The Hall–Kier alpha value is -1.35. The number of sulfonamides is 1. The third-order valence-corrected chi connectivity index (χ3v) is 7.91. The van der Waals surface area contributed by atoms with E-state index < -0.39 is 10.0 Å². The van der Waals surface area contributed by atoms with Gasteiger partial charge in [-0.2, -0.15) is 4.31 Å². The van der Waals surface area contributed by atoms with Crippen LogP contribution in [0.3, 0.4) is 0 Å². The van der Waals surface area contributed by atoms with Crippen LogP contribution in [0.4, 0.5) is 0 Å². The Morgan fingerprint density at radius 3 is 2.45 bits per heavy atom. The summed E-state index contributed by atoms with van der Waals surface area (Å²) < 4.78 is 32.5. The molecular formula is C20H30ClN3O4S. The maximum Gasteiger partial charge on any atom is 0.243 e. The molecule has 0 N–H and O–H groups in total. The van der Waals surface area contributed by atoms with Crippen molar-refractivity contribution in [3.8, 4) is 5.75 Å². The lowest BCUT2D eigenvalue weighted by Crippen LogP contribution is -2.53. The Bertz CT molecular complexity index is 838. The van der Waals surface area contributed by atoms with Crippen molar-refractivity contribution in [2.45, 2.75) is 37.6 Å². The summed E-state index contributed by atoms with van der Waals surface area (Å²) in [5, 5.41) is 0.269. The van der Waals surface area contributed by atoms with Crippen molar-refractivity contribution < 1.29 is 17.9 Å². The third kappa shape index (κ3) is 4.87. The Labute approximate surface area is 178 Å². The third-order valence-electron chi connectivity index (χ3n) is 5.72. The van der Waals surface area contributed by atoms with Gasteiger partial charge < -0.3 is 9.64 Å². The predicted molar refractivity (Wildman–Crippen MR) is 113 cm³/mol. The number of nitrogens with zero attached hydrogens (tertiary/aromatic N) is 3.